The third kappa shape index (κ3) is 4.42. The summed E-state index contributed by atoms with van der Waals surface area (Å²) >= 11 is 0. The molecule has 3 rings (SSSR count). The lowest BCUT2D eigenvalue weighted by molar-refractivity contribution is -0.139. The number of urea groups is 1. The Labute approximate surface area is 157 Å². The first kappa shape index (κ1) is 19.7. The Kier molecular flexibility index (Phi) is 5.55. The second kappa shape index (κ2) is 7.89. The molecule has 2 amide bonds. The Morgan fingerprint density at radius 3 is 2.64 bits per heavy atom. The molecule has 5 nitrogen and oxygen atoms in total. The van der Waals surface area contributed by atoms with Gasteiger partial charge < -0.3 is 20.7 Å². The molecule has 0 aliphatic carbocycles. The van der Waals surface area contributed by atoms with Crippen molar-refractivity contribution in [3.63, 3.8) is 0 Å². The predicted molar refractivity (Wildman–Crippen MR) is 96.4 cm³/mol. The molecule has 28 heavy (non-hydrogen) atoms. The summed E-state index contributed by atoms with van der Waals surface area (Å²) in [7, 11) is 0. The van der Waals surface area contributed by atoms with E-state index in [2.05, 4.69) is 15.6 Å². The Morgan fingerprint density at radius 1 is 1.18 bits per heavy atom. The van der Waals surface area contributed by atoms with Gasteiger partial charge in [-0.3, -0.25) is 0 Å². The Balaban J connectivity index is 1.68. The number of hydrogen-bond donors (Lipinski definition) is 4. The quantitative estimate of drug-likeness (QED) is 0.492. The van der Waals surface area contributed by atoms with Gasteiger partial charge >= 0.3 is 12.2 Å². The molecule has 0 saturated heterocycles. The van der Waals surface area contributed by atoms with Gasteiger partial charge in [-0.15, -0.1) is 0 Å². The number of nitrogens with one attached hydrogen (secondary N) is 3. The number of H-pyrrole nitrogens is 1. The second-order valence-corrected chi connectivity index (χ2v) is 6.23. The van der Waals surface area contributed by atoms with Gasteiger partial charge in [-0.2, -0.15) is 13.2 Å². The van der Waals surface area contributed by atoms with Gasteiger partial charge in [-0.25, -0.2) is 9.18 Å². The van der Waals surface area contributed by atoms with Crippen molar-refractivity contribution in [1.29, 1.82) is 0 Å². The van der Waals surface area contributed by atoms with Gasteiger partial charge in [0.1, 0.15) is 5.82 Å². The molecular weight excluding hydrogens is 378 g/mol. The number of amides is 2. The van der Waals surface area contributed by atoms with Crippen molar-refractivity contribution in [1.82, 2.24) is 10.3 Å². The summed E-state index contributed by atoms with van der Waals surface area (Å²) in [6.45, 7) is -0.371. The smallest absolute Gasteiger partial charge is 0.394 e. The summed E-state index contributed by atoms with van der Waals surface area (Å²) in [6, 6.07) is 8.22. The van der Waals surface area contributed by atoms with Crippen molar-refractivity contribution in [3.8, 4) is 0 Å². The molecule has 9 heteroatoms. The molecule has 0 spiro atoms. The minimum atomic E-state index is -4.87. The number of benzene rings is 2. The molecular formula is C19H17F4N3O2. The predicted octanol–water partition coefficient (Wildman–Crippen LogP) is 4.05. The van der Waals surface area contributed by atoms with Crippen molar-refractivity contribution in [3.05, 3.63) is 65.6 Å². The van der Waals surface area contributed by atoms with Crippen LogP contribution in [0.3, 0.4) is 0 Å². The van der Waals surface area contributed by atoms with Crippen LogP contribution in [-0.2, 0) is 12.6 Å². The zero-order valence-corrected chi connectivity index (χ0v) is 14.5. The number of hydrogen-bond acceptors (Lipinski definition) is 2. The lowest BCUT2D eigenvalue weighted by Gasteiger charge is -2.17. The number of carbonyl (C=O) groups is 1. The van der Waals surface area contributed by atoms with E-state index in [0.717, 1.165) is 22.5 Å². The van der Waals surface area contributed by atoms with Crippen molar-refractivity contribution in [2.24, 2.45) is 0 Å². The first-order valence-corrected chi connectivity index (χ1v) is 8.38. The summed E-state index contributed by atoms with van der Waals surface area (Å²) < 4.78 is 51.6. The minimum absolute atomic E-state index is 0.213. The Morgan fingerprint density at radius 2 is 1.93 bits per heavy atom. The maximum Gasteiger partial charge on any atom is 0.419 e. The SMILES string of the molecule is O=C(Nc1ccc(F)c(C(F)(F)F)c1)NC(CO)Cc1c[nH]c2ccccc12. The van der Waals surface area contributed by atoms with Crippen LogP contribution in [0.15, 0.2) is 48.7 Å². The van der Waals surface area contributed by atoms with E-state index >= 15 is 0 Å². The molecule has 1 unspecified atom stereocenters. The summed E-state index contributed by atoms with van der Waals surface area (Å²) in [5, 5.41) is 15.2. The molecule has 1 aromatic heterocycles. The van der Waals surface area contributed by atoms with E-state index in [9.17, 15) is 27.5 Å². The van der Waals surface area contributed by atoms with Crippen LogP contribution in [0, 0.1) is 5.82 Å². The van der Waals surface area contributed by atoms with Crippen molar-refractivity contribution in [2.45, 2.75) is 18.6 Å². The molecule has 0 aliphatic heterocycles. The normalized spacial score (nSPS) is 12.8. The highest BCUT2D eigenvalue weighted by Gasteiger charge is 2.34. The van der Waals surface area contributed by atoms with Crippen LogP contribution in [0.25, 0.3) is 10.9 Å². The average Bonchev–Trinajstić information content (AvgIpc) is 3.05. The molecule has 0 fully saturated rings. The molecule has 3 aromatic rings. The summed E-state index contributed by atoms with van der Waals surface area (Å²) in [5.74, 6) is -1.42. The standard InChI is InChI=1S/C19H17F4N3O2/c20-16-6-5-12(8-15(16)19(21,22)23)25-18(28)26-13(10-27)7-11-9-24-17-4-2-1-3-14(11)17/h1-6,8-9,13,24,27H,7,10H2,(H2,25,26,28). The van der Waals surface area contributed by atoms with Crippen molar-refractivity contribution >= 4 is 22.6 Å². The number of aromatic nitrogens is 1. The van der Waals surface area contributed by atoms with Gasteiger partial charge in [0.25, 0.3) is 0 Å². The van der Waals surface area contributed by atoms with E-state index in [1.165, 1.54) is 0 Å². The number of carbonyl (C=O) groups excluding carboxylic acids is 1. The number of para-hydroxylation sites is 1. The van der Waals surface area contributed by atoms with E-state index in [1.54, 1.807) is 6.20 Å². The number of aliphatic hydroxyl groups is 1. The zero-order chi connectivity index (χ0) is 20.3. The first-order chi connectivity index (χ1) is 13.3. The average molecular weight is 395 g/mol. The van der Waals surface area contributed by atoms with E-state index in [-0.39, 0.29) is 12.3 Å². The molecule has 0 saturated carbocycles. The van der Waals surface area contributed by atoms with E-state index < -0.39 is 29.6 Å². The topological polar surface area (TPSA) is 77.2 Å². The molecule has 0 bridgehead atoms. The van der Waals surface area contributed by atoms with E-state index in [4.69, 9.17) is 0 Å². The largest absolute Gasteiger partial charge is 0.419 e. The number of aromatic amines is 1. The van der Waals surface area contributed by atoms with Crippen LogP contribution in [0.5, 0.6) is 0 Å². The highest BCUT2D eigenvalue weighted by atomic mass is 19.4. The Bertz CT molecular complexity index is 985. The fourth-order valence-corrected chi connectivity index (χ4v) is 2.90. The van der Waals surface area contributed by atoms with Crippen LogP contribution >= 0.6 is 0 Å². The summed E-state index contributed by atoms with van der Waals surface area (Å²) in [4.78, 5) is 15.2. The van der Waals surface area contributed by atoms with Crippen LogP contribution < -0.4 is 10.6 Å². The molecule has 4 N–H and O–H groups in total. The monoisotopic (exact) mass is 395 g/mol. The van der Waals surface area contributed by atoms with Gasteiger partial charge in [0, 0.05) is 22.8 Å². The number of anilines is 1. The second-order valence-electron chi connectivity index (χ2n) is 6.23. The summed E-state index contributed by atoms with van der Waals surface area (Å²) in [6.07, 6.45) is -2.80. The zero-order valence-electron chi connectivity index (χ0n) is 14.5. The molecule has 1 atom stereocenters. The van der Waals surface area contributed by atoms with Crippen LogP contribution in [-0.4, -0.2) is 28.8 Å². The van der Waals surface area contributed by atoms with Gasteiger partial charge in [0.05, 0.1) is 18.2 Å². The van der Waals surface area contributed by atoms with E-state index in [1.807, 2.05) is 24.3 Å². The minimum Gasteiger partial charge on any atom is -0.394 e. The number of aliphatic hydroxyl groups excluding tert-OH is 1. The third-order valence-corrected chi connectivity index (χ3v) is 4.23. The number of alkyl halides is 3. The highest BCUT2D eigenvalue weighted by molar-refractivity contribution is 5.89. The number of fused-ring (bicyclic) bond motifs is 1. The molecule has 0 aliphatic rings. The molecule has 2 aromatic carbocycles. The van der Waals surface area contributed by atoms with Gasteiger partial charge in [0.15, 0.2) is 0 Å². The summed E-state index contributed by atoms with van der Waals surface area (Å²) in [5.41, 5.74) is 0.0959. The number of halogens is 4. The lowest BCUT2D eigenvalue weighted by Crippen LogP contribution is -2.41. The number of rotatable bonds is 5. The maximum absolute atomic E-state index is 13.3. The van der Waals surface area contributed by atoms with E-state index in [0.29, 0.717) is 18.6 Å². The molecule has 148 valence electrons. The van der Waals surface area contributed by atoms with Crippen molar-refractivity contribution < 1.29 is 27.5 Å². The van der Waals surface area contributed by atoms with Crippen molar-refractivity contribution in [2.75, 3.05) is 11.9 Å². The third-order valence-electron chi connectivity index (χ3n) is 4.23. The van der Waals surface area contributed by atoms with Crippen LogP contribution in [0.2, 0.25) is 0 Å². The fourth-order valence-electron chi connectivity index (χ4n) is 2.90. The van der Waals surface area contributed by atoms with Gasteiger partial charge in [-0.05, 0) is 36.2 Å². The Hall–Kier alpha value is -3.07. The first-order valence-electron chi connectivity index (χ1n) is 8.38. The maximum atomic E-state index is 13.3. The van der Waals surface area contributed by atoms with Crippen LogP contribution in [0.4, 0.5) is 28.0 Å². The van der Waals surface area contributed by atoms with Crippen LogP contribution in [0.1, 0.15) is 11.1 Å². The van der Waals surface area contributed by atoms with Gasteiger partial charge in [-0.1, -0.05) is 18.2 Å². The van der Waals surface area contributed by atoms with Gasteiger partial charge in [0.2, 0.25) is 0 Å². The highest BCUT2D eigenvalue weighted by Crippen LogP contribution is 2.33. The lowest BCUT2D eigenvalue weighted by atomic mass is 10.1. The molecule has 1 heterocycles. The molecule has 0 radical (unpaired) electrons. The fraction of sp³-hybridized carbons (Fsp3) is 0.211.